The van der Waals surface area contributed by atoms with Crippen LogP contribution in [0.3, 0.4) is 0 Å². The lowest BCUT2D eigenvalue weighted by Gasteiger charge is -2.35. The molecule has 3 nitrogen and oxygen atoms in total. The van der Waals surface area contributed by atoms with Crippen molar-refractivity contribution in [1.82, 2.24) is 10.6 Å². The maximum absolute atomic E-state index is 12.0. The monoisotopic (exact) mass is 222 g/mol. The zero-order valence-corrected chi connectivity index (χ0v) is 10.5. The lowest BCUT2D eigenvalue weighted by Crippen LogP contribution is -2.47. The first-order valence-electron chi connectivity index (χ1n) is 5.97. The maximum Gasteiger partial charge on any atom is 0.226 e. The fourth-order valence-electron chi connectivity index (χ4n) is 2.09. The number of carbonyl (C=O) groups excluding carboxylic acids is 1. The van der Waals surface area contributed by atoms with Crippen molar-refractivity contribution in [2.45, 2.75) is 33.6 Å². The highest BCUT2D eigenvalue weighted by Gasteiger charge is 2.36. The summed E-state index contributed by atoms with van der Waals surface area (Å²) in [5, 5.41) is 6.24. The van der Waals surface area contributed by atoms with Crippen LogP contribution in [0.2, 0.25) is 0 Å². The van der Waals surface area contributed by atoms with Crippen LogP contribution in [0.15, 0.2) is 0 Å². The molecule has 0 aromatic carbocycles. The molecule has 0 spiro atoms. The molecule has 0 aromatic rings. The van der Waals surface area contributed by atoms with Crippen LogP contribution in [-0.2, 0) is 4.79 Å². The standard InChI is InChI=1S/C13H22N2O/c1-4-5-9-15-12(16)13(2,3)11-7-6-8-14-10-11/h11,14H,6-10H2,1-3H3,(H,15,16). The highest BCUT2D eigenvalue weighted by molar-refractivity contribution is 5.82. The smallest absolute Gasteiger partial charge is 0.226 e. The van der Waals surface area contributed by atoms with E-state index in [0.717, 1.165) is 25.9 Å². The summed E-state index contributed by atoms with van der Waals surface area (Å²) in [4.78, 5) is 12.0. The summed E-state index contributed by atoms with van der Waals surface area (Å²) in [6, 6.07) is 0. The Bertz CT molecular complexity index is 293. The molecule has 1 atom stereocenters. The van der Waals surface area contributed by atoms with Gasteiger partial charge in [0.2, 0.25) is 5.91 Å². The molecule has 0 radical (unpaired) electrons. The van der Waals surface area contributed by atoms with Gasteiger partial charge in [-0.15, -0.1) is 5.92 Å². The molecule has 0 bridgehead atoms. The SMILES string of the molecule is CC#CCNC(=O)C(C)(C)C1CCCNC1. The van der Waals surface area contributed by atoms with Crippen LogP contribution in [0.5, 0.6) is 0 Å². The molecule has 0 aromatic heterocycles. The van der Waals surface area contributed by atoms with Gasteiger partial charge in [0.25, 0.3) is 0 Å². The number of nitrogens with one attached hydrogen (secondary N) is 2. The molecular formula is C13H22N2O. The van der Waals surface area contributed by atoms with Crippen LogP contribution in [0.25, 0.3) is 0 Å². The predicted molar refractivity (Wildman–Crippen MR) is 65.8 cm³/mol. The van der Waals surface area contributed by atoms with E-state index in [4.69, 9.17) is 0 Å². The quantitative estimate of drug-likeness (QED) is 0.703. The van der Waals surface area contributed by atoms with Crippen LogP contribution in [0.4, 0.5) is 0 Å². The summed E-state index contributed by atoms with van der Waals surface area (Å²) >= 11 is 0. The second-order valence-corrected chi connectivity index (χ2v) is 4.87. The molecule has 1 aliphatic rings. The second kappa shape index (κ2) is 5.91. The lowest BCUT2D eigenvalue weighted by atomic mass is 9.74. The van der Waals surface area contributed by atoms with Gasteiger partial charge in [-0.1, -0.05) is 19.8 Å². The number of amides is 1. The van der Waals surface area contributed by atoms with E-state index in [9.17, 15) is 4.79 Å². The van der Waals surface area contributed by atoms with Gasteiger partial charge < -0.3 is 10.6 Å². The Morgan fingerprint density at radius 1 is 1.56 bits per heavy atom. The number of hydrogen-bond acceptors (Lipinski definition) is 2. The van der Waals surface area contributed by atoms with Gasteiger partial charge in [0.1, 0.15) is 0 Å². The Hall–Kier alpha value is -1.01. The minimum Gasteiger partial charge on any atom is -0.345 e. The fourth-order valence-corrected chi connectivity index (χ4v) is 2.09. The van der Waals surface area contributed by atoms with Crippen LogP contribution < -0.4 is 10.6 Å². The van der Waals surface area contributed by atoms with Crippen molar-refractivity contribution in [2.75, 3.05) is 19.6 Å². The van der Waals surface area contributed by atoms with Crippen LogP contribution >= 0.6 is 0 Å². The minimum absolute atomic E-state index is 0.115. The Morgan fingerprint density at radius 2 is 2.31 bits per heavy atom. The first-order chi connectivity index (χ1) is 7.59. The third-order valence-corrected chi connectivity index (χ3v) is 3.42. The van der Waals surface area contributed by atoms with Crippen LogP contribution in [0.1, 0.15) is 33.6 Å². The van der Waals surface area contributed by atoms with E-state index in [1.807, 2.05) is 13.8 Å². The molecule has 1 amide bonds. The van der Waals surface area contributed by atoms with Gasteiger partial charge in [-0.2, -0.15) is 0 Å². The van der Waals surface area contributed by atoms with E-state index in [0.29, 0.717) is 12.5 Å². The summed E-state index contributed by atoms with van der Waals surface area (Å²) in [5.74, 6) is 6.18. The lowest BCUT2D eigenvalue weighted by molar-refractivity contribution is -0.132. The van der Waals surface area contributed by atoms with Crippen LogP contribution in [-0.4, -0.2) is 25.5 Å². The number of carbonyl (C=O) groups is 1. The average Bonchev–Trinajstić information content (AvgIpc) is 2.30. The summed E-state index contributed by atoms with van der Waals surface area (Å²) in [7, 11) is 0. The van der Waals surface area contributed by atoms with E-state index in [1.165, 1.54) is 0 Å². The van der Waals surface area contributed by atoms with E-state index < -0.39 is 0 Å². The Kier molecular flexibility index (Phi) is 4.82. The zero-order valence-electron chi connectivity index (χ0n) is 10.5. The summed E-state index contributed by atoms with van der Waals surface area (Å²) in [5.41, 5.74) is -0.303. The van der Waals surface area contributed by atoms with Crippen molar-refractivity contribution in [3.8, 4) is 11.8 Å². The second-order valence-electron chi connectivity index (χ2n) is 4.87. The minimum atomic E-state index is -0.303. The fraction of sp³-hybridized carbons (Fsp3) is 0.769. The Labute approximate surface area is 98.4 Å². The van der Waals surface area contributed by atoms with Gasteiger partial charge >= 0.3 is 0 Å². The van der Waals surface area contributed by atoms with Crippen molar-refractivity contribution in [1.29, 1.82) is 0 Å². The van der Waals surface area contributed by atoms with Gasteiger partial charge in [-0.25, -0.2) is 0 Å². The number of hydrogen-bond donors (Lipinski definition) is 2. The molecule has 90 valence electrons. The average molecular weight is 222 g/mol. The summed E-state index contributed by atoms with van der Waals surface area (Å²) in [6.45, 7) is 8.31. The van der Waals surface area contributed by atoms with E-state index in [1.54, 1.807) is 6.92 Å². The topological polar surface area (TPSA) is 41.1 Å². The van der Waals surface area contributed by atoms with Crippen molar-refractivity contribution >= 4 is 5.91 Å². The highest BCUT2D eigenvalue weighted by Crippen LogP contribution is 2.31. The molecule has 1 fully saturated rings. The van der Waals surface area contributed by atoms with Crippen molar-refractivity contribution in [3.63, 3.8) is 0 Å². The Morgan fingerprint density at radius 3 is 2.88 bits per heavy atom. The van der Waals surface area contributed by atoms with Crippen molar-refractivity contribution < 1.29 is 4.79 Å². The third kappa shape index (κ3) is 3.24. The third-order valence-electron chi connectivity index (χ3n) is 3.42. The van der Waals surface area contributed by atoms with Gasteiger partial charge in [0.05, 0.1) is 6.54 Å². The summed E-state index contributed by atoms with van der Waals surface area (Å²) < 4.78 is 0. The molecule has 1 saturated heterocycles. The highest BCUT2D eigenvalue weighted by atomic mass is 16.2. The van der Waals surface area contributed by atoms with Gasteiger partial charge in [0, 0.05) is 5.41 Å². The molecule has 1 rings (SSSR count). The van der Waals surface area contributed by atoms with Crippen molar-refractivity contribution in [2.24, 2.45) is 11.3 Å². The Balaban J connectivity index is 2.52. The van der Waals surface area contributed by atoms with E-state index >= 15 is 0 Å². The molecule has 1 heterocycles. The number of piperidine rings is 1. The molecule has 0 saturated carbocycles. The molecule has 3 heteroatoms. The zero-order chi connectivity index (χ0) is 12.0. The number of rotatable bonds is 3. The van der Waals surface area contributed by atoms with E-state index in [2.05, 4.69) is 22.5 Å². The van der Waals surface area contributed by atoms with Gasteiger partial charge in [-0.05, 0) is 38.8 Å². The van der Waals surface area contributed by atoms with Crippen LogP contribution in [0, 0.1) is 23.2 Å². The summed E-state index contributed by atoms with van der Waals surface area (Å²) in [6.07, 6.45) is 2.29. The van der Waals surface area contributed by atoms with Gasteiger partial charge in [0.15, 0.2) is 0 Å². The first kappa shape index (κ1) is 13.1. The molecular weight excluding hydrogens is 200 g/mol. The normalized spacial score (nSPS) is 20.8. The predicted octanol–water partition coefficient (Wildman–Crippen LogP) is 1.15. The van der Waals surface area contributed by atoms with Gasteiger partial charge in [-0.3, -0.25) is 4.79 Å². The largest absolute Gasteiger partial charge is 0.345 e. The maximum atomic E-state index is 12.0. The molecule has 16 heavy (non-hydrogen) atoms. The molecule has 1 aliphatic heterocycles. The first-order valence-corrected chi connectivity index (χ1v) is 5.97. The van der Waals surface area contributed by atoms with E-state index in [-0.39, 0.29) is 11.3 Å². The molecule has 2 N–H and O–H groups in total. The molecule has 1 unspecified atom stereocenters. The van der Waals surface area contributed by atoms with Crippen molar-refractivity contribution in [3.05, 3.63) is 0 Å². The molecule has 0 aliphatic carbocycles.